The zero-order valence-corrected chi connectivity index (χ0v) is 20.8. The van der Waals surface area contributed by atoms with Crippen LogP contribution in [0.2, 0.25) is 5.15 Å². The van der Waals surface area contributed by atoms with Gasteiger partial charge in [0.1, 0.15) is 11.8 Å². The van der Waals surface area contributed by atoms with Crippen LogP contribution in [0, 0.1) is 0 Å². The van der Waals surface area contributed by atoms with Gasteiger partial charge < -0.3 is 14.5 Å². The first-order valence-corrected chi connectivity index (χ1v) is 12.4. The Bertz CT molecular complexity index is 1600. The summed E-state index contributed by atoms with van der Waals surface area (Å²) in [4.78, 5) is 37.5. The molecule has 0 bridgehead atoms. The van der Waals surface area contributed by atoms with Gasteiger partial charge in [-0.3, -0.25) is 9.20 Å². The van der Waals surface area contributed by atoms with Crippen LogP contribution < -0.4 is 15.3 Å². The van der Waals surface area contributed by atoms with Gasteiger partial charge in [-0.25, -0.2) is 28.2 Å². The summed E-state index contributed by atoms with van der Waals surface area (Å²) in [6.45, 7) is 1.07. The quantitative estimate of drug-likeness (QED) is 0.365. The number of aromatic nitrogens is 5. The second kappa shape index (κ2) is 9.35. The van der Waals surface area contributed by atoms with Gasteiger partial charge in [-0.2, -0.15) is 0 Å². The van der Waals surface area contributed by atoms with Crippen molar-refractivity contribution in [1.29, 1.82) is 0 Å². The zero-order chi connectivity index (χ0) is 26.4. The van der Waals surface area contributed by atoms with E-state index in [9.17, 15) is 18.4 Å². The molecule has 13 heteroatoms. The van der Waals surface area contributed by atoms with Gasteiger partial charge in [0, 0.05) is 56.3 Å². The Morgan fingerprint density at radius 1 is 1.11 bits per heavy atom. The smallest absolute Gasteiger partial charge is 0.350 e. The summed E-state index contributed by atoms with van der Waals surface area (Å²) in [5.41, 5.74) is 1.99. The number of hydrogen-bond acceptors (Lipinski definition) is 7. The molecule has 0 spiro atoms. The van der Waals surface area contributed by atoms with E-state index in [2.05, 4.69) is 15.1 Å². The minimum absolute atomic E-state index is 0.00384. The number of amides is 1. The maximum Gasteiger partial charge on any atom is 0.350 e. The molecule has 4 aromatic rings. The second-order valence-corrected chi connectivity index (χ2v) is 9.62. The van der Waals surface area contributed by atoms with E-state index in [-0.39, 0.29) is 49.6 Å². The number of carbonyl (C=O) groups is 1. The summed E-state index contributed by atoms with van der Waals surface area (Å²) in [5, 5.41) is 4.81. The number of anilines is 2. The van der Waals surface area contributed by atoms with Crippen LogP contribution in [-0.2, 0) is 6.54 Å². The topological polar surface area (TPSA) is 97.9 Å². The number of likely N-dealkylation sites (tertiary alicyclic amines) is 1. The molecule has 6 rings (SSSR count). The fraction of sp³-hybridized carbons (Fsp3) is 0.320. The molecule has 0 unspecified atom stereocenters. The maximum absolute atomic E-state index is 13.5. The summed E-state index contributed by atoms with van der Waals surface area (Å²) in [6, 6.07) is 8.61. The van der Waals surface area contributed by atoms with Gasteiger partial charge in [-0.15, -0.1) is 5.10 Å². The van der Waals surface area contributed by atoms with Crippen molar-refractivity contribution in [2.24, 2.45) is 0 Å². The molecule has 0 aliphatic carbocycles. The largest absolute Gasteiger partial charge is 0.488 e. The lowest BCUT2D eigenvalue weighted by atomic mass is 10.1. The van der Waals surface area contributed by atoms with Gasteiger partial charge in [-0.05, 0) is 29.8 Å². The zero-order valence-electron chi connectivity index (χ0n) is 20.1. The van der Waals surface area contributed by atoms with E-state index in [1.165, 1.54) is 20.2 Å². The van der Waals surface area contributed by atoms with Crippen molar-refractivity contribution in [3.05, 3.63) is 75.7 Å². The fourth-order valence-electron chi connectivity index (χ4n) is 4.68. The Morgan fingerprint density at radius 3 is 2.71 bits per heavy atom. The summed E-state index contributed by atoms with van der Waals surface area (Å²) in [7, 11) is 0. The van der Waals surface area contributed by atoms with Crippen LogP contribution in [0.4, 0.5) is 20.3 Å². The Morgan fingerprint density at radius 2 is 1.92 bits per heavy atom. The van der Waals surface area contributed by atoms with Crippen LogP contribution in [0.15, 0.2) is 53.7 Å². The summed E-state index contributed by atoms with van der Waals surface area (Å²) in [5.74, 6) is -2.15. The van der Waals surface area contributed by atoms with Crippen molar-refractivity contribution in [3.8, 4) is 5.75 Å². The molecular formula is C25H22ClF2N7O3. The van der Waals surface area contributed by atoms with Crippen molar-refractivity contribution in [2.75, 3.05) is 31.1 Å². The van der Waals surface area contributed by atoms with Crippen LogP contribution in [0.25, 0.3) is 5.65 Å². The molecule has 38 heavy (non-hydrogen) atoms. The highest BCUT2D eigenvalue weighted by Gasteiger charge is 2.36. The molecule has 196 valence electrons. The number of rotatable bonds is 4. The number of piperidine rings is 1. The van der Waals surface area contributed by atoms with Crippen LogP contribution >= 0.6 is 11.6 Å². The van der Waals surface area contributed by atoms with Crippen molar-refractivity contribution in [1.82, 2.24) is 29.0 Å². The Balaban J connectivity index is 1.26. The predicted molar refractivity (Wildman–Crippen MR) is 135 cm³/mol. The molecule has 2 aliphatic rings. The lowest BCUT2D eigenvalue weighted by Crippen LogP contribution is -2.42. The summed E-state index contributed by atoms with van der Waals surface area (Å²) >= 11 is 5.96. The molecule has 1 fully saturated rings. The fourth-order valence-corrected chi connectivity index (χ4v) is 4.87. The minimum Gasteiger partial charge on any atom is -0.488 e. The van der Waals surface area contributed by atoms with Gasteiger partial charge in [0.15, 0.2) is 17.2 Å². The molecule has 0 radical (unpaired) electrons. The number of nitrogens with zero attached hydrogens (tertiary/aromatic N) is 7. The number of ether oxygens (including phenoxy) is 1. The number of halogens is 3. The van der Waals surface area contributed by atoms with Crippen molar-refractivity contribution in [3.63, 3.8) is 0 Å². The monoisotopic (exact) mass is 541 g/mol. The molecule has 1 amide bonds. The first-order chi connectivity index (χ1) is 18.3. The highest BCUT2D eigenvalue weighted by atomic mass is 35.5. The number of alkyl halides is 2. The molecule has 0 aromatic carbocycles. The van der Waals surface area contributed by atoms with E-state index in [4.69, 9.17) is 16.3 Å². The molecule has 10 nitrogen and oxygen atoms in total. The SMILES string of the molecule is O=C(c1cnc2c(c1)OCCN2c1ccn2c(=O)n(Cc3ccnc(Cl)c3)nc2c1)N1CCC(F)(F)CC1. The Hall–Kier alpha value is -4.06. The van der Waals surface area contributed by atoms with Gasteiger partial charge in [0.25, 0.3) is 11.8 Å². The Kier molecular flexibility index (Phi) is 5.98. The average molecular weight is 542 g/mol. The van der Waals surface area contributed by atoms with E-state index < -0.39 is 5.92 Å². The molecule has 0 N–H and O–H groups in total. The third-order valence-electron chi connectivity index (χ3n) is 6.69. The first-order valence-electron chi connectivity index (χ1n) is 12.0. The average Bonchev–Trinajstić information content (AvgIpc) is 3.21. The number of hydrogen-bond donors (Lipinski definition) is 0. The standard InChI is InChI=1S/C25H22ClF2N7O3/c26-20-11-16(1-5-29-20)15-35-24(37)34-6-2-18(13-21(34)31-35)33-9-10-38-19-12-17(14-30-22(19)33)23(36)32-7-3-25(27,28)4-8-32/h1-2,5-6,11-14H,3-4,7-10,15H2. The van der Waals surface area contributed by atoms with Gasteiger partial charge >= 0.3 is 5.69 Å². The van der Waals surface area contributed by atoms with E-state index in [0.717, 1.165) is 11.3 Å². The number of pyridine rings is 3. The summed E-state index contributed by atoms with van der Waals surface area (Å²) in [6.07, 6.45) is 3.96. The molecule has 2 aliphatic heterocycles. The highest BCUT2D eigenvalue weighted by molar-refractivity contribution is 6.29. The van der Waals surface area contributed by atoms with E-state index >= 15 is 0 Å². The number of fused-ring (bicyclic) bond motifs is 2. The predicted octanol–water partition coefficient (Wildman–Crippen LogP) is 3.39. The number of carbonyl (C=O) groups excluding carboxylic acids is 1. The molecule has 0 saturated carbocycles. The van der Waals surface area contributed by atoms with Crippen molar-refractivity contribution >= 4 is 34.7 Å². The lowest BCUT2D eigenvalue weighted by Gasteiger charge is -2.32. The van der Waals surface area contributed by atoms with E-state index in [1.54, 1.807) is 42.7 Å². The van der Waals surface area contributed by atoms with Crippen LogP contribution in [0.3, 0.4) is 0 Å². The third-order valence-corrected chi connectivity index (χ3v) is 6.90. The van der Waals surface area contributed by atoms with E-state index in [1.807, 2.05) is 4.90 Å². The molecular weight excluding hydrogens is 520 g/mol. The molecule has 6 heterocycles. The second-order valence-electron chi connectivity index (χ2n) is 9.23. The van der Waals surface area contributed by atoms with Crippen LogP contribution in [0.1, 0.15) is 28.8 Å². The highest BCUT2D eigenvalue weighted by Crippen LogP contribution is 2.36. The van der Waals surface area contributed by atoms with Gasteiger partial charge in [0.2, 0.25) is 0 Å². The minimum atomic E-state index is -2.73. The maximum atomic E-state index is 13.5. The molecule has 0 atom stereocenters. The third kappa shape index (κ3) is 4.55. The normalized spacial score (nSPS) is 16.8. The molecule has 4 aromatic heterocycles. The summed E-state index contributed by atoms with van der Waals surface area (Å²) < 4.78 is 35.6. The van der Waals surface area contributed by atoms with Crippen LogP contribution in [-0.4, -0.2) is 67.1 Å². The molecule has 1 saturated heterocycles. The van der Waals surface area contributed by atoms with Crippen molar-refractivity contribution < 1.29 is 18.3 Å². The Labute approximate surface area is 220 Å². The van der Waals surface area contributed by atoms with Crippen LogP contribution in [0.5, 0.6) is 5.75 Å². The van der Waals surface area contributed by atoms with Gasteiger partial charge in [0.05, 0.1) is 18.7 Å². The van der Waals surface area contributed by atoms with Crippen molar-refractivity contribution in [2.45, 2.75) is 25.3 Å². The lowest BCUT2D eigenvalue weighted by molar-refractivity contribution is -0.0494. The van der Waals surface area contributed by atoms with E-state index in [0.29, 0.717) is 35.5 Å². The van der Waals surface area contributed by atoms with Gasteiger partial charge in [-0.1, -0.05) is 11.6 Å². The first kappa shape index (κ1) is 24.3.